The van der Waals surface area contributed by atoms with Gasteiger partial charge in [-0.25, -0.2) is 0 Å². The van der Waals surface area contributed by atoms with Crippen molar-refractivity contribution in [2.45, 2.75) is 23.8 Å². The lowest BCUT2D eigenvalue weighted by Crippen LogP contribution is -2.36. The maximum atomic E-state index is 12.8. The van der Waals surface area contributed by atoms with Gasteiger partial charge in [0.25, 0.3) is 0 Å². The van der Waals surface area contributed by atoms with Crippen LogP contribution in [0, 0.1) is 0 Å². The molecule has 5 heteroatoms. The molecule has 2 unspecified atom stereocenters. The summed E-state index contributed by atoms with van der Waals surface area (Å²) in [5, 5.41) is 9.18. The average molecular weight is 341 g/mol. The molecule has 2 aromatic carbocycles. The molecule has 24 heavy (non-hydrogen) atoms. The smallest absolute Gasteiger partial charge is 0.312 e. The zero-order valence-corrected chi connectivity index (χ0v) is 14.2. The number of aliphatic carboxylic acids is 1. The van der Waals surface area contributed by atoms with Crippen molar-refractivity contribution in [1.82, 2.24) is 0 Å². The molecule has 0 saturated carbocycles. The van der Waals surface area contributed by atoms with E-state index in [0.29, 0.717) is 0 Å². The predicted molar refractivity (Wildman–Crippen MR) is 96.4 cm³/mol. The van der Waals surface area contributed by atoms with Gasteiger partial charge in [-0.3, -0.25) is 9.59 Å². The van der Waals surface area contributed by atoms with Gasteiger partial charge in [0.2, 0.25) is 5.91 Å². The minimum atomic E-state index is -0.887. The highest BCUT2D eigenvalue weighted by atomic mass is 32.2. The summed E-state index contributed by atoms with van der Waals surface area (Å²) in [6.07, 6.45) is 0. The Kier molecular flexibility index (Phi) is 4.90. The second-order valence-corrected chi connectivity index (χ2v) is 7.17. The minimum Gasteiger partial charge on any atom is -0.481 e. The summed E-state index contributed by atoms with van der Waals surface area (Å²) >= 11 is 1.57. The first-order valence-electron chi connectivity index (χ1n) is 7.86. The number of benzene rings is 2. The molecule has 0 fully saturated rings. The molecule has 3 rings (SSSR count). The van der Waals surface area contributed by atoms with Crippen LogP contribution in [-0.2, 0) is 15.3 Å². The highest BCUT2D eigenvalue weighted by Gasteiger charge is 2.37. The third-order valence-corrected chi connectivity index (χ3v) is 5.42. The van der Waals surface area contributed by atoms with Crippen molar-refractivity contribution in [2.24, 2.45) is 0 Å². The first kappa shape index (κ1) is 16.6. The maximum Gasteiger partial charge on any atom is 0.312 e. The van der Waals surface area contributed by atoms with Gasteiger partial charge in [0.1, 0.15) is 5.92 Å². The summed E-state index contributed by atoms with van der Waals surface area (Å²) in [7, 11) is 0. The third-order valence-electron chi connectivity index (χ3n) is 4.22. The number of carbonyl (C=O) groups is 2. The first-order chi connectivity index (χ1) is 11.6. The molecule has 0 bridgehead atoms. The fourth-order valence-electron chi connectivity index (χ4n) is 2.91. The average Bonchev–Trinajstić information content (AvgIpc) is 3.00. The molecule has 2 aromatic rings. The van der Waals surface area contributed by atoms with E-state index in [1.807, 2.05) is 55.5 Å². The van der Waals surface area contributed by atoms with Gasteiger partial charge in [-0.1, -0.05) is 48.5 Å². The number of hydrogen-bond donors (Lipinski definition) is 1. The van der Waals surface area contributed by atoms with Gasteiger partial charge in [0.15, 0.2) is 0 Å². The number of carbonyl (C=O) groups excluding carboxylic acids is 1. The van der Waals surface area contributed by atoms with E-state index in [-0.39, 0.29) is 17.7 Å². The molecule has 1 amide bonds. The van der Waals surface area contributed by atoms with Gasteiger partial charge in [0, 0.05) is 18.0 Å². The Balaban J connectivity index is 1.72. The number of anilines is 1. The molecule has 0 aliphatic carbocycles. The molecule has 0 aromatic heterocycles. The van der Waals surface area contributed by atoms with Crippen molar-refractivity contribution in [3.63, 3.8) is 0 Å². The molecule has 1 N–H and O–H groups in total. The van der Waals surface area contributed by atoms with Gasteiger partial charge in [-0.15, -0.1) is 11.8 Å². The number of hydrogen-bond acceptors (Lipinski definition) is 3. The number of thioether (sulfide) groups is 1. The van der Waals surface area contributed by atoms with Gasteiger partial charge in [0.05, 0.1) is 5.25 Å². The van der Waals surface area contributed by atoms with Crippen molar-refractivity contribution in [1.29, 1.82) is 0 Å². The van der Waals surface area contributed by atoms with Crippen LogP contribution in [0.4, 0.5) is 5.69 Å². The van der Waals surface area contributed by atoms with E-state index >= 15 is 0 Å². The molecule has 0 spiro atoms. The second-order valence-electron chi connectivity index (χ2n) is 5.84. The zero-order chi connectivity index (χ0) is 17.1. The maximum absolute atomic E-state index is 12.8. The van der Waals surface area contributed by atoms with Crippen molar-refractivity contribution in [3.8, 4) is 0 Å². The lowest BCUT2D eigenvalue weighted by molar-refractivity contribution is -0.138. The second kappa shape index (κ2) is 7.09. The van der Waals surface area contributed by atoms with E-state index < -0.39 is 11.9 Å². The summed E-state index contributed by atoms with van der Waals surface area (Å²) in [6, 6.07) is 17.3. The van der Waals surface area contributed by atoms with Crippen LogP contribution >= 0.6 is 11.8 Å². The topological polar surface area (TPSA) is 57.6 Å². The molecule has 1 aliphatic rings. The van der Waals surface area contributed by atoms with E-state index in [0.717, 1.165) is 17.0 Å². The van der Waals surface area contributed by atoms with Gasteiger partial charge < -0.3 is 10.0 Å². The fraction of sp³-hybridized carbons (Fsp3) is 0.263. The number of nitrogens with zero attached hydrogens (tertiary/aromatic N) is 1. The van der Waals surface area contributed by atoms with E-state index in [1.165, 1.54) is 5.56 Å². The molecule has 4 nitrogen and oxygen atoms in total. The number of carboxylic acid groups (broad SMARTS) is 1. The van der Waals surface area contributed by atoms with Crippen molar-refractivity contribution >= 4 is 29.3 Å². The Morgan fingerprint density at radius 2 is 1.83 bits per heavy atom. The Morgan fingerprint density at radius 3 is 2.54 bits per heavy atom. The lowest BCUT2D eigenvalue weighted by atomic mass is 10.0. The van der Waals surface area contributed by atoms with Crippen LogP contribution in [0.2, 0.25) is 0 Å². The summed E-state index contributed by atoms with van der Waals surface area (Å²) in [5.74, 6) is -0.808. The highest BCUT2D eigenvalue weighted by Crippen LogP contribution is 2.37. The molecule has 0 radical (unpaired) electrons. The van der Waals surface area contributed by atoms with Crippen LogP contribution in [0.15, 0.2) is 54.6 Å². The van der Waals surface area contributed by atoms with Crippen molar-refractivity contribution in [2.75, 3.05) is 11.4 Å². The summed E-state index contributed by atoms with van der Waals surface area (Å²) in [4.78, 5) is 25.9. The van der Waals surface area contributed by atoms with Crippen LogP contribution in [-0.4, -0.2) is 28.8 Å². The largest absolute Gasteiger partial charge is 0.481 e. The van der Waals surface area contributed by atoms with Crippen LogP contribution in [0.25, 0.3) is 0 Å². The molecule has 0 saturated heterocycles. The van der Waals surface area contributed by atoms with Crippen LogP contribution in [0.1, 0.15) is 24.0 Å². The molecular formula is C19H19NO3S. The number of para-hydroxylation sites is 1. The number of fused-ring (bicyclic) bond motifs is 1. The van der Waals surface area contributed by atoms with Gasteiger partial charge in [-0.2, -0.15) is 0 Å². The zero-order valence-electron chi connectivity index (χ0n) is 13.4. The minimum absolute atomic E-state index is 0.0351. The van der Waals surface area contributed by atoms with Gasteiger partial charge in [-0.05, 0) is 24.1 Å². The number of carboxylic acids is 1. The summed E-state index contributed by atoms with van der Waals surface area (Å²) < 4.78 is 0. The first-order valence-corrected chi connectivity index (χ1v) is 8.91. The normalized spacial score (nSPS) is 17.4. The molecule has 1 aliphatic heterocycles. The van der Waals surface area contributed by atoms with Crippen molar-refractivity contribution in [3.05, 3.63) is 65.7 Å². The Morgan fingerprint density at radius 1 is 1.17 bits per heavy atom. The van der Waals surface area contributed by atoms with Crippen LogP contribution in [0.3, 0.4) is 0 Å². The third kappa shape index (κ3) is 3.31. The predicted octanol–water partition coefficient (Wildman–Crippen LogP) is 3.52. The Labute approximate surface area is 145 Å². The Bertz CT molecular complexity index is 747. The summed E-state index contributed by atoms with van der Waals surface area (Å²) in [6.45, 7) is 2.09. The van der Waals surface area contributed by atoms with E-state index in [9.17, 15) is 14.7 Å². The molecule has 124 valence electrons. The van der Waals surface area contributed by atoms with Crippen molar-refractivity contribution < 1.29 is 14.7 Å². The fourth-order valence-corrected chi connectivity index (χ4v) is 3.82. The summed E-state index contributed by atoms with van der Waals surface area (Å²) in [5.41, 5.74) is 2.62. The van der Waals surface area contributed by atoms with E-state index in [2.05, 4.69) is 0 Å². The monoisotopic (exact) mass is 341 g/mol. The van der Waals surface area contributed by atoms with Crippen LogP contribution < -0.4 is 4.90 Å². The standard InChI is InChI=1S/C19H19NO3S/c1-13(24-12-14-7-3-2-4-8-14)18(21)20-11-16(19(22)23)15-9-5-6-10-17(15)20/h2-10,13,16H,11-12H2,1H3,(H,22,23). The molecule has 2 atom stereocenters. The number of rotatable bonds is 5. The highest BCUT2D eigenvalue weighted by molar-refractivity contribution is 7.99. The number of amides is 1. The lowest BCUT2D eigenvalue weighted by Gasteiger charge is -2.21. The van der Waals surface area contributed by atoms with Crippen LogP contribution in [0.5, 0.6) is 0 Å². The van der Waals surface area contributed by atoms with E-state index in [4.69, 9.17) is 0 Å². The van der Waals surface area contributed by atoms with Gasteiger partial charge >= 0.3 is 5.97 Å². The Hall–Kier alpha value is -2.27. The quantitative estimate of drug-likeness (QED) is 0.904. The SMILES string of the molecule is CC(SCc1ccccc1)C(=O)N1CC(C(=O)O)c2ccccc21. The molecular weight excluding hydrogens is 322 g/mol. The molecule has 1 heterocycles. The van der Waals surface area contributed by atoms with E-state index in [1.54, 1.807) is 22.7 Å².